The predicted octanol–water partition coefficient (Wildman–Crippen LogP) is 8.40. The van der Waals surface area contributed by atoms with Gasteiger partial charge in [0, 0.05) is 34.6 Å². The number of aromatic nitrogens is 2. The molecule has 14 nitrogen and oxygen atoms in total. The fraction of sp³-hybridized carbons (Fsp3) is 0.255. The van der Waals surface area contributed by atoms with Crippen molar-refractivity contribution in [2.45, 2.75) is 41.7 Å². The number of hydrogen-bond acceptors (Lipinski definition) is 11. The molecule has 8 rings (SSSR count). The van der Waals surface area contributed by atoms with Crippen LogP contribution in [0.4, 0.5) is 5.82 Å². The molecule has 1 aliphatic rings. The second kappa shape index (κ2) is 24.1. The highest BCUT2D eigenvalue weighted by Gasteiger charge is 2.52. The molecule has 5 atom stereocenters. The summed E-state index contributed by atoms with van der Waals surface area (Å²) in [6, 6.07) is 55.6. The zero-order valence-electron chi connectivity index (χ0n) is 39.8. The molecule has 71 heavy (non-hydrogen) atoms. The Balaban J connectivity index is 1.16. The lowest BCUT2D eigenvalue weighted by Gasteiger charge is -2.37. The molecule has 0 aliphatic carbocycles. The van der Waals surface area contributed by atoms with Gasteiger partial charge in [-0.1, -0.05) is 140 Å². The molecule has 0 radical (unpaired) electrons. The van der Waals surface area contributed by atoms with E-state index in [1.165, 1.54) is 23.9 Å². The van der Waals surface area contributed by atoms with Crippen molar-refractivity contribution in [2.75, 3.05) is 52.6 Å². The van der Waals surface area contributed by atoms with E-state index >= 15 is 0 Å². The fourth-order valence-electron chi connectivity index (χ4n) is 9.01. The smallest absolute Gasteiger partial charge is 0.351 e. The van der Waals surface area contributed by atoms with Gasteiger partial charge in [-0.2, -0.15) is 4.98 Å². The van der Waals surface area contributed by atoms with Gasteiger partial charge in [-0.3, -0.25) is 18.5 Å². The zero-order chi connectivity index (χ0) is 49.6. The van der Waals surface area contributed by atoms with Gasteiger partial charge in [-0.25, -0.2) is 4.79 Å². The van der Waals surface area contributed by atoms with E-state index in [9.17, 15) is 19.0 Å². The molecule has 1 fully saturated rings. The van der Waals surface area contributed by atoms with Crippen LogP contribution in [0.1, 0.15) is 49.9 Å². The highest BCUT2D eigenvalue weighted by Crippen LogP contribution is 2.50. The van der Waals surface area contributed by atoms with Crippen LogP contribution in [-0.2, 0) is 33.6 Å². The highest BCUT2D eigenvalue weighted by molar-refractivity contribution is 7.52. The summed E-state index contributed by atoms with van der Waals surface area (Å²) < 4.78 is 59.3. The maximum absolute atomic E-state index is 14.6. The molecular formula is C55H58N3O11PSi. The molecule has 7 aromatic rings. The Morgan fingerprint density at radius 3 is 1.80 bits per heavy atom. The van der Waals surface area contributed by atoms with Crippen molar-refractivity contribution in [2.24, 2.45) is 0 Å². The molecule has 1 saturated heterocycles. The average molecular weight is 996 g/mol. The first-order chi connectivity index (χ1) is 34.6. The van der Waals surface area contributed by atoms with Crippen molar-refractivity contribution in [1.29, 1.82) is 0 Å². The summed E-state index contributed by atoms with van der Waals surface area (Å²) in [4.78, 5) is 43.3. The topological polar surface area (TPSA) is 166 Å². The molecule has 1 unspecified atom stereocenters. The van der Waals surface area contributed by atoms with Crippen LogP contribution in [0.5, 0.6) is 11.5 Å². The minimum atomic E-state index is -4.42. The maximum atomic E-state index is 14.6. The number of hydrogen-bond donors (Lipinski definition) is 2. The first-order valence-corrected chi connectivity index (χ1v) is 27.0. The molecule has 368 valence electrons. The van der Waals surface area contributed by atoms with Crippen LogP contribution in [-0.4, -0.2) is 95.5 Å². The number of anilines is 1. The number of nitrogens with zero attached hydrogens (tertiary/aromatic N) is 2. The van der Waals surface area contributed by atoms with E-state index in [4.69, 9.17) is 32.9 Å². The van der Waals surface area contributed by atoms with Gasteiger partial charge in [0.2, 0.25) is 0 Å². The van der Waals surface area contributed by atoms with E-state index in [1.807, 2.05) is 115 Å². The minimum Gasteiger partial charge on any atom is -0.497 e. The van der Waals surface area contributed by atoms with E-state index < -0.39 is 58.9 Å². The molecule has 0 spiro atoms. The number of ether oxygens (including phenoxy) is 6. The predicted molar refractivity (Wildman–Crippen MR) is 274 cm³/mol. The lowest BCUT2D eigenvalue weighted by atomic mass is 9.80. The molecule has 6 aromatic carbocycles. The van der Waals surface area contributed by atoms with Gasteiger partial charge < -0.3 is 38.6 Å². The van der Waals surface area contributed by atoms with Crippen molar-refractivity contribution in [3.63, 3.8) is 0 Å². The van der Waals surface area contributed by atoms with E-state index in [-0.39, 0.29) is 37.3 Å². The van der Waals surface area contributed by atoms with Gasteiger partial charge in [0.1, 0.15) is 41.2 Å². The van der Waals surface area contributed by atoms with Crippen molar-refractivity contribution >= 4 is 28.8 Å². The minimum absolute atomic E-state index is 0.0163. The standard InChI is InChI=1S/C55H58N3O11PSi/c1-63-34-35-66-50-49(69-70(61,62)36-37-71-51(39-16-8-4-9-17-39)40-18-10-5-11-19-40)47(68-53(50)58-33-32-48(57-54(58)60)56-52(59)41-20-12-6-13-21-41)38-67-55(42-22-14-7-15-23-42,43-24-28-45(64-2)29-25-43)44-26-30-46(65-3)31-27-44/h4-33,47,49-51,53H,34-38,71H2,1-3H3,(H,61,62)(H,56,57,59,60)/t47-,49-,50-,53-/m1/s1. The van der Waals surface area contributed by atoms with Crippen LogP contribution in [0.15, 0.2) is 187 Å². The Morgan fingerprint density at radius 2 is 1.27 bits per heavy atom. The van der Waals surface area contributed by atoms with Crippen LogP contribution in [0.3, 0.4) is 0 Å². The monoisotopic (exact) mass is 995 g/mol. The first-order valence-electron chi connectivity index (χ1n) is 23.4. The lowest BCUT2D eigenvalue weighted by molar-refractivity contribution is -0.0990. The van der Waals surface area contributed by atoms with Gasteiger partial charge in [-0.15, -0.1) is 0 Å². The summed E-state index contributed by atoms with van der Waals surface area (Å²) in [6.07, 6.45) is -3.47. The number of carbonyl (C=O) groups excluding carboxylic acids is 1. The van der Waals surface area contributed by atoms with Crippen LogP contribution in [0.25, 0.3) is 0 Å². The van der Waals surface area contributed by atoms with Crippen molar-refractivity contribution in [3.8, 4) is 11.5 Å². The molecule has 2 heterocycles. The van der Waals surface area contributed by atoms with Gasteiger partial charge in [0.05, 0.1) is 34.0 Å². The summed E-state index contributed by atoms with van der Waals surface area (Å²) in [7, 11) is -0.759. The molecule has 0 bridgehead atoms. The third kappa shape index (κ3) is 12.3. The second-order valence-electron chi connectivity index (χ2n) is 17.0. The Kier molecular flexibility index (Phi) is 17.2. The molecule has 0 saturated carbocycles. The maximum Gasteiger partial charge on any atom is 0.351 e. The Labute approximate surface area is 415 Å². The molecule has 1 amide bonds. The van der Waals surface area contributed by atoms with E-state index in [0.29, 0.717) is 23.1 Å². The molecule has 1 aromatic heterocycles. The van der Waals surface area contributed by atoms with Crippen LogP contribution in [0.2, 0.25) is 6.04 Å². The van der Waals surface area contributed by atoms with E-state index in [0.717, 1.165) is 27.8 Å². The number of nitrogens with one attached hydrogen (secondary N) is 1. The summed E-state index contributed by atoms with van der Waals surface area (Å²) in [6.45, 7) is -0.0556. The van der Waals surface area contributed by atoms with Gasteiger partial charge in [0.25, 0.3) is 5.91 Å². The lowest BCUT2D eigenvalue weighted by Crippen LogP contribution is -2.42. The molecule has 1 aliphatic heterocycles. The second-order valence-corrected chi connectivity index (χ2v) is 21.0. The van der Waals surface area contributed by atoms with Crippen LogP contribution < -0.4 is 20.5 Å². The summed E-state index contributed by atoms with van der Waals surface area (Å²) >= 11 is 0. The van der Waals surface area contributed by atoms with Gasteiger partial charge in [0.15, 0.2) is 6.23 Å². The Morgan fingerprint density at radius 1 is 0.732 bits per heavy atom. The number of benzene rings is 6. The quantitative estimate of drug-likeness (QED) is 0.0273. The highest BCUT2D eigenvalue weighted by atomic mass is 31.2. The number of methoxy groups -OCH3 is 3. The third-order valence-corrected chi connectivity index (χ3v) is 16.9. The summed E-state index contributed by atoms with van der Waals surface area (Å²) in [5.41, 5.74) is 2.95. The Hall–Kier alpha value is -6.52. The van der Waals surface area contributed by atoms with Crippen LogP contribution >= 0.6 is 7.60 Å². The third-order valence-electron chi connectivity index (χ3n) is 12.5. The number of carbonyl (C=O) groups is 1. The normalized spacial score (nSPS) is 17.8. The molecule has 2 N–H and O–H groups in total. The van der Waals surface area contributed by atoms with Gasteiger partial charge in [-0.05, 0) is 75.8 Å². The SMILES string of the molecule is COCCO[C@@H]1[C@H](OP(=O)(O)CC[SiH2]C(c2ccccc2)c2ccccc2)[C@@H](COC(c2ccccc2)(c2ccc(OC)cc2)c2ccc(OC)cc2)O[C@H]1n1ccc(NC(=O)c2ccccc2)nc1=O. The average Bonchev–Trinajstić information content (AvgIpc) is 3.73. The molecular weight excluding hydrogens is 938 g/mol. The van der Waals surface area contributed by atoms with E-state index in [2.05, 4.69) is 34.6 Å². The zero-order valence-corrected chi connectivity index (χ0v) is 42.1. The molecule has 16 heteroatoms. The van der Waals surface area contributed by atoms with Crippen molar-refractivity contribution < 1.29 is 47.2 Å². The van der Waals surface area contributed by atoms with Gasteiger partial charge >= 0.3 is 13.3 Å². The summed E-state index contributed by atoms with van der Waals surface area (Å²) in [5.74, 6) is 0.849. The number of amides is 1. The van der Waals surface area contributed by atoms with Crippen LogP contribution in [0, 0.1) is 0 Å². The summed E-state index contributed by atoms with van der Waals surface area (Å²) in [5, 5.41) is 2.69. The largest absolute Gasteiger partial charge is 0.497 e. The number of rotatable bonds is 23. The van der Waals surface area contributed by atoms with Crippen molar-refractivity contribution in [3.05, 3.63) is 226 Å². The first kappa shape index (κ1) is 50.9. The van der Waals surface area contributed by atoms with E-state index in [1.54, 1.807) is 44.6 Å². The van der Waals surface area contributed by atoms with Crippen molar-refractivity contribution in [1.82, 2.24) is 9.55 Å². The Bertz CT molecular complexity index is 2800. The fourth-order valence-corrected chi connectivity index (χ4v) is 13.7.